The van der Waals surface area contributed by atoms with Crippen LogP contribution in [-0.2, 0) is 10.0 Å². The van der Waals surface area contributed by atoms with Crippen LogP contribution in [0.25, 0.3) is 10.9 Å². The Labute approximate surface area is 203 Å². The van der Waals surface area contributed by atoms with E-state index in [0.29, 0.717) is 35.5 Å². The molecule has 2 aliphatic rings. The lowest BCUT2D eigenvalue weighted by atomic mass is 10.0. The number of para-hydroxylation sites is 2. The third kappa shape index (κ3) is 4.76. The molecule has 184 valence electrons. The summed E-state index contributed by atoms with van der Waals surface area (Å²) in [5.41, 5.74) is 0.0408. The van der Waals surface area contributed by atoms with Crippen molar-refractivity contribution in [1.29, 1.82) is 0 Å². The Kier molecular flexibility index (Phi) is 6.24. The predicted molar refractivity (Wildman–Crippen MR) is 130 cm³/mol. The lowest BCUT2D eigenvalue weighted by molar-refractivity contribution is 0.0790. The second-order valence-corrected chi connectivity index (χ2v) is 11.0. The molecular weight excluding hydrogens is 470 g/mol. The summed E-state index contributed by atoms with van der Waals surface area (Å²) < 4.78 is 39.6. The number of hydrogen-bond donors (Lipinski definition) is 2. The van der Waals surface area contributed by atoms with E-state index in [4.69, 9.17) is 9.47 Å². The molecule has 1 amide bonds. The Hall–Kier alpha value is -3.37. The van der Waals surface area contributed by atoms with Crippen LogP contribution >= 0.6 is 0 Å². The van der Waals surface area contributed by atoms with Gasteiger partial charge in [-0.15, -0.1) is 0 Å². The number of fused-ring (bicyclic) bond motifs is 2. The van der Waals surface area contributed by atoms with E-state index < -0.39 is 27.6 Å². The second-order valence-electron chi connectivity index (χ2n) is 9.07. The summed E-state index contributed by atoms with van der Waals surface area (Å²) in [4.78, 5) is 28.1. The first-order valence-electron chi connectivity index (χ1n) is 11.6. The summed E-state index contributed by atoms with van der Waals surface area (Å²) in [7, 11) is -3.72. The van der Waals surface area contributed by atoms with Gasteiger partial charge in [0.15, 0.2) is 11.5 Å². The predicted octanol–water partition coefficient (Wildman–Crippen LogP) is 2.52. The van der Waals surface area contributed by atoms with Crippen LogP contribution in [0, 0.1) is 5.92 Å². The molecule has 5 rings (SSSR count). The van der Waals surface area contributed by atoms with Crippen molar-refractivity contribution in [2.45, 2.75) is 30.8 Å². The van der Waals surface area contributed by atoms with Crippen LogP contribution in [0.15, 0.2) is 58.2 Å². The van der Waals surface area contributed by atoms with E-state index in [9.17, 15) is 18.0 Å². The standard InChI is InChI=1S/C25H27N3O6S/c1-16-5-4-10-28(14-16)35(31,32)18-8-9-21-19(11-18)20(12-24(29)27-21)25(30)26-13-17-15-33-22-6-2-3-7-23(22)34-17/h2-3,6-9,11-12,16-17H,4-5,10,13-15H2,1H3,(H,26,30)(H,27,29). The monoisotopic (exact) mass is 497 g/mol. The highest BCUT2D eigenvalue weighted by molar-refractivity contribution is 7.89. The van der Waals surface area contributed by atoms with Gasteiger partial charge in [-0.3, -0.25) is 9.59 Å². The minimum Gasteiger partial charge on any atom is -0.486 e. The van der Waals surface area contributed by atoms with Gasteiger partial charge in [0.25, 0.3) is 5.91 Å². The Bertz CT molecular complexity index is 1430. The van der Waals surface area contributed by atoms with Crippen molar-refractivity contribution in [3.05, 3.63) is 64.4 Å². The maximum Gasteiger partial charge on any atom is 0.252 e. The quantitative estimate of drug-likeness (QED) is 0.559. The van der Waals surface area contributed by atoms with E-state index >= 15 is 0 Å². The number of rotatable bonds is 5. The number of carbonyl (C=O) groups is 1. The van der Waals surface area contributed by atoms with Gasteiger partial charge in [-0.1, -0.05) is 19.1 Å². The van der Waals surface area contributed by atoms with Crippen molar-refractivity contribution in [3.8, 4) is 11.5 Å². The van der Waals surface area contributed by atoms with Crippen LogP contribution < -0.4 is 20.3 Å². The Morgan fingerprint density at radius 1 is 1.17 bits per heavy atom. The third-order valence-electron chi connectivity index (χ3n) is 6.37. The fraction of sp³-hybridized carbons (Fsp3) is 0.360. The van der Waals surface area contributed by atoms with Crippen LogP contribution in [0.3, 0.4) is 0 Å². The second kappa shape index (κ2) is 9.35. The third-order valence-corrected chi connectivity index (χ3v) is 8.24. The fourth-order valence-electron chi connectivity index (χ4n) is 4.56. The normalized spacial score (nSPS) is 20.5. The number of pyridine rings is 1. The molecule has 0 saturated carbocycles. The van der Waals surface area contributed by atoms with Gasteiger partial charge in [-0.25, -0.2) is 8.42 Å². The molecule has 2 aromatic carbocycles. The summed E-state index contributed by atoms with van der Waals surface area (Å²) in [6, 6.07) is 12.9. The molecule has 35 heavy (non-hydrogen) atoms. The molecule has 10 heteroatoms. The van der Waals surface area contributed by atoms with E-state index in [-0.39, 0.29) is 29.5 Å². The number of aromatic amines is 1. The Morgan fingerprint density at radius 3 is 2.77 bits per heavy atom. The molecule has 0 aliphatic carbocycles. The molecule has 0 bridgehead atoms. The van der Waals surface area contributed by atoms with E-state index in [1.165, 1.54) is 28.6 Å². The topological polar surface area (TPSA) is 118 Å². The number of aromatic nitrogens is 1. The number of carbonyl (C=O) groups excluding carboxylic acids is 1. The van der Waals surface area contributed by atoms with Gasteiger partial charge in [-0.2, -0.15) is 4.31 Å². The first kappa shape index (κ1) is 23.4. The zero-order valence-corrected chi connectivity index (χ0v) is 20.1. The number of nitrogens with one attached hydrogen (secondary N) is 2. The van der Waals surface area contributed by atoms with Crippen molar-refractivity contribution in [3.63, 3.8) is 0 Å². The van der Waals surface area contributed by atoms with E-state index in [1.807, 2.05) is 25.1 Å². The summed E-state index contributed by atoms with van der Waals surface area (Å²) in [6.07, 6.45) is 1.40. The van der Waals surface area contributed by atoms with Crippen molar-refractivity contribution in [1.82, 2.24) is 14.6 Å². The van der Waals surface area contributed by atoms with Crippen LogP contribution in [0.1, 0.15) is 30.1 Å². The van der Waals surface area contributed by atoms with Crippen molar-refractivity contribution in [2.75, 3.05) is 26.2 Å². The number of hydrogen-bond acceptors (Lipinski definition) is 6. The number of piperidine rings is 1. The van der Waals surface area contributed by atoms with Crippen LogP contribution in [-0.4, -0.2) is 56.0 Å². The van der Waals surface area contributed by atoms with Crippen LogP contribution in [0.4, 0.5) is 0 Å². The van der Waals surface area contributed by atoms with Crippen LogP contribution in [0.2, 0.25) is 0 Å². The molecule has 2 aliphatic heterocycles. The van der Waals surface area contributed by atoms with Gasteiger partial charge >= 0.3 is 0 Å². The van der Waals surface area contributed by atoms with Gasteiger partial charge in [0.1, 0.15) is 12.7 Å². The molecule has 1 fully saturated rings. The average molecular weight is 498 g/mol. The van der Waals surface area contributed by atoms with E-state index in [2.05, 4.69) is 10.3 Å². The molecule has 3 aromatic rings. The molecule has 3 heterocycles. The molecule has 2 N–H and O–H groups in total. The summed E-state index contributed by atoms with van der Waals surface area (Å²) >= 11 is 0. The molecule has 9 nitrogen and oxygen atoms in total. The zero-order valence-electron chi connectivity index (χ0n) is 19.3. The number of amides is 1. The molecule has 0 spiro atoms. The minimum atomic E-state index is -3.72. The Balaban J connectivity index is 1.39. The number of ether oxygens (including phenoxy) is 2. The summed E-state index contributed by atoms with van der Waals surface area (Å²) in [5.74, 6) is 1.04. The van der Waals surface area contributed by atoms with E-state index in [1.54, 1.807) is 6.07 Å². The first-order valence-corrected chi connectivity index (χ1v) is 13.1. The summed E-state index contributed by atoms with van der Waals surface area (Å²) in [5, 5.41) is 3.15. The smallest absolute Gasteiger partial charge is 0.252 e. The largest absolute Gasteiger partial charge is 0.486 e. The minimum absolute atomic E-state index is 0.0980. The van der Waals surface area contributed by atoms with Gasteiger partial charge in [0.2, 0.25) is 15.6 Å². The number of sulfonamides is 1. The molecule has 1 aromatic heterocycles. The molecular formula is C25H27N3O6S. The highest BCUT2D eigenvalue weighted by Gasteiger charge is 2.29. The van der Waals surface area contributed by atoms with Crippen molar-refractivity contribution >= 4 is 26.8 Å². The van der Waals surface area contributed by atoms with Crippen molar-refractivity contribution < 1.29 is 22.7 Å². The average Bonchev–Trinajstić information content (AvgIpc) is 2.86. The Morgan fingerprint density at radius 2 is 1.97 bits per heavy atom. The van der Waals surface area contributed by atoms with Crippen molar-refractivity contribution in [2.24, 2.45) is 5.92 Å². The van der Waals surface area contributed by atoms with Crippen LogP contribution in [0.5, 0.6) is 11.5 Å². The molecule has 0 radical (unpaired) electrons. The maximum atomic E-state index is 13.3. The summed E-state index contributed by atoms with van der Waals surface area (Å²) in [6.45, 7) is 3.40. The number of H-pyrrole nitrogens is 1. The highest BCUT2D eigenvalue weighted by atomic mass is 32.2. The SMILES string of the molecule is CC1CCCN(S(=O)(=O)c2ccc3[nH]c(=O)cc(C(=O)NCC4COc5ccccc5O4)c3c2)C1. The highest BCUT2D eigenvalue weighted by Crippen LogP contribution is 2.31. The fourth-order valence-corrected chi connectivity index (χ4v) is 6.19. The maximum absolute atomic E-state index is 13.3. The van der Waals surface area contributed by atoms with E-state index in [0.717, 1.165) is 12.8 Å². The van der Waals surface area contributed by atoms with Gasteiger partial charge in [-0.05, 0) is 49.1 Å². The van der Waals surface area contributed by atoms with Gasteiger partial charge in [0.05, 0.1) is 17.0 Å². The number of nitrogens with zero attached hydrogens (tertiary/aromatic N) is 1. The number of benzene rings is 2. The lowest BCUT2D eigenvalue weighted by Crippen LogP contribution is -2.41. The van der Waals surface area contributed by atoms with Gasteiger partial charge < -0.3 is 19.8 Å². The molecule has 2 atom stereocenters. The molecule has 2 unspecified atom stereocenters. The van der Waals surface area contributed by atoms with Gasteiger partial charge in [0, 0.05) is 30.1 Å². The lowest BCUT2D eigenvalue weighted by Gasteiger charge is -2.30. The molecule has 1 saturated heterocycles. The zero-order chi connectivity index (χ0) is 24.6. The first-order chi connectivity index (χ1) is 16.8.